The molecule has 0 aliphatic heterocycles. The molecule has 0 radical (unpaired) electrons. The molecular weight excluding hydrogens is 354 g/mol. The first-order valence-corrected chi connectivity index (χ1v) is 9.64. The fraction of sp³-hybridized carbons (Fsp3) is 0.350. The number of aliphatic hydroxyl groups is 1. The third-order valence-corrected chi connectivity index (χ3v) is 5.51. The molecule has 1 aliphatic carbocycles. The van der Waals surface area contributed by atoms with E-state index in [1.54, 1.807) is 0 Å². The van der Waals surface area contributed by atoms with Crippen molar-refractivity contribution in [1.82, 2.24) is 24.8 Å². The highest BCUT2D eigenvalue weighted by molar-refractivity contribution is 5.82. The molecule has 3 N–H and O–H groups in total. The number of pyridine rings is 1. The first-order valence-electron chi connectivity index (χ1n) is 9.64. The first kappa shape index (κ1) is 17.0. The molecule has 0 spiro atoms. The van der Waals surface area contributed by atoms with E-state index in [4.69, 9.17) is 10.1 Å². The fourth-order valence-corrected chi connectivity index (χ4v) is 3.82. The quantitative estimate of drug-likeness (QED) is 0.506. The lowest BCUT2D eigenvalue weighted by Crippen LogP contribution is -2.29. The predicted molar refractivity (Wildman–Crippen MR) is 109 cm³/mol. The van der Waals surface area contributed by atoms with Crippen molar-refractivity contribution in [3.05, 3.63) is 42.6 Å². The number of aliphatic hydroxyl groups excluding tert-OH is 1. The van der Waals surface area contributed by atoms with E-state index >= 15 is 0 Å². The van der Waals surface area contributed by atoms with Crippen molar-refractivity contribution in [2.24, 2.45) is 0 Å². The van der Waals surface area contributed by atoms with Gasteiger partial charge in [0.15, 0.2) is 5.65 Å². The maximum absolute atomic E-state index is 9.72. The van der Waals surface area contributed by atoms with Gasteiger partial charge in [-0.1, -0.05) is 6.07 Å². The molecule has 0 saturated heterocycles. The summed E-state index contributed by atoms with van der Waals surface area (Å²) in [6.45, 7) is 0. The zero-order chi connectivity index (χ0) is 19.1. The van der Waals surface area contributed by atoms with Gasteiger partial charge in [-0.25, -0.2) is 0 Å². The molecule has 1 saturated carbocycles. The van der Waals surface area contributed by atoms with Crippen LogP contribution in [-0.2, 0) is 0 Å². The molecule has 8 nitrogen and oxygen atoms in total. The third-order valence-electron chi connectivity index (χ3n) is 5.51. The first-order chi connectivity index (χ1) is 13.7. The zero-order valence-corrected chi connectivity index (χ0v) is 15.7. The van der Waals surface area contributed by atoms with Gasteiger partial charge < -0.3 is 15.3 Å². The molecule has 3 aromatic heterocycles. The normalized spacial score (nSPS) is 19.9. The second-order valence-corrected chi connectivity index (χ2v) is 7.44. The van der Waals surface area contributed by atoms with Crippen molar-refractivity contribution in [3.8, 4) is 0 Å². The van der Waals surface area contributed by atoms with Crippen molar-refractivity contribution < 1.29 is 5.11 Å². The van der Waals surface area contributed by atoms with Crippen molar-refractivity contribution in [2.75, 3.05) is 17.3 Å². The monoisotopic (exact) mass is 377 g/mol. The smallest absolute Gasteiger partial charge is 0.249 e. The lowest BCUT2D eigenvalue weighted by molar-refractivity contribution is 0.126. The number of nitrogens with zero attached hydrogens (tertiary/aromatic N) is 5. The van der Waals surface area contributed by atoms with Crippen LogP contribution in [0.4, 0.5) is 17.5 Å². The summed E-state index contributed by atoms with van der Waals surface area (Å²) in [7, 11) is 1.96. The molecule has 28 heavy (non-hydrogen) atoms. The number of hydrogen-bond acceptors (Lipinski definition) is 6. The van der Waals surface area contributed by atoms with E-state index in [-0.39, 0.29) is 6.10 Å². The van der Waals surface area contributed by atoms with Gasteiger partial charge in [-0.15, -0.1) is 5.10 Å². The third kappa shape index (κ3) is 3.05. The number of fused-ring (bicyclic) bond motifs is 2. The Kier molecular flexibility index (Phi) is 4.12. The molecule has 0 bridgehead atoms. The van der Waals surface area contributed by atoms with Crippen LogP contribution in [-0.4, -0.2) is 49.1 Å². The van der Waals surface area contributed by atoms with E-state index in [0.29, 0.717) is 12.0 Å². The Morgan fingerprint density at radius 3 is 2.89 bits per heavy atom. The largest absolute Gasteiger partial charge is 0.393 e. The van der Waals surface area contributed by atoms with Crippen molar-refractivity contribution in [1.29, 1.82) is 0 Å². The Labute approximate surface area is 162 Å². The highest BCUT2D eigenvalue weighted by Gasteiger charge is 2.20. The Morgan fingerprint density at radius 2 is 2.04 bits per heavy atom. The van der Waals surface area contributed by atoms with Gasteiger partial charge in [0.05, 0.1) is 17.8 Å². The molecule has 8 heteroatoms. The summed E-state index contributed by atoms with van der Waals surface area (Å²) in [5.41, 5.74) is 2.77. The van der Waals surface area contributed by atoms with Crippen LogP contribution in [0.5, 0.6) is 0 Å². The average molecular weight is 377 g/mol. The van der Waals surface area contributed by atoms with Crippen molar-refractivity contribution >= 4 is 34.0 Å². The molecular formula is C20H23N7O. The van der Waals surface area contributed by atoms with Gasteiger partial charge in [0, 0.05) is 24.2 Å². The van der Waals surface area contributed by atoms with Gasteiger partial charge in [-0.05, 0) is 56.0 Å². The second-order valence-electron chi connectivity index (χ2n) is 7.44. The van der Waals surface area contributed by atoms with Crippen LogP contribution in [0.15, 0.2) is 42.6 Å². The van der Waals surface area contributed by atoms with Crippen LogP contribution in [0, 0.1) is 0 Å². The highest BCUT2D eigenvalue weighted by atomic mass is 16.3. The number of anilines is 3. The number of H-pyrrole nitrogens is 1. The predicted octanol–water partition coefficient (Wildman–Crippen LogP) is 3.09. The maximum atomic E-state index is 9.72. The molecule has 0 amide bonds. The highest BCUT2D eigenvalue weighted by Crippen LogP contribution is 2.26. The van der Waals surface area contributed by atoms with E-state index in [1.807, 2.05) is 59.1 Å². The molecule has 5 rings (SSSR count). The molecule has 1 aliphatic rings. The van der Waals surface area contributed by atoms with Crippen molar-refractivity contribution in [2.45, 2.75) is 37.8 Å². The number of aromatic amines is 1. The summed E-state index contributed by atoms with van der Waals surface area (Å²) >= 11 is 0. The molecule has 0 atom stereocenters. The topological polar surface area (TPSA) is 94.4 Å². The summed E-state index contributed by atoms with van der Waals surface area (Å²) < 4.78 is 1.85. The van der Waals surface area contributed by atoms with Gasteiger partial charge in [0.25, 0.3) is 0 Å². The van der Waals surface area contributed by atoms with Crippen LogP contribution >= 0.6 is 0 Å². The second kappa shape index (κ2) is 6.79. The molecule has 3 heterocycles. The Morgan fingerprint density at radius 1 is 1.18 bits per heavy atom. The summed E-state index contributed by atoms with van der Waals surface area (Å²) in [6, 6.07) is 12.4. The van der Waals surface area contributed by atoms with Crippen LogP contribution in [0.2, 0.25) is 0 Å². The lowest BCUT2D eigenvalue weighted by Gasteiger charge is -2.27. The van der Waals surface area contributed by atoms with Crippen LogP contribution in [0.1, 0.15) is 25.7 Å². The minimum absolute atomic E-state index is 0.160. The van der Waals surface area contributed by atoms with E-state index in [2.05, 4.69) is 15.5 Å². The Bertz CT molecular complexity index is 1110. The van der Waals surface area contributed by atoms with E-state index in [9.17, 15) is 5.11 Å². The number of hydrogen-bond donors (Lipinski definition) is 3. The summed E-state index contributed by atoms with van der Waals surface area (Å²) in [5.74, 6) is 1.56. The SMILES string of the molecule is CN(c1ccc2cn[nH]c2c1)c1nc2cccc(NC3CCC(O)CC3)n2n1. The van der Waals surface area contributed by atoms with Crippen molar-refractivity contribution in [3.63, 3.8) is 0 Å². The minimum atomic E-state index is -0.160. The van der Waals surface area contributed by atoms with Crippen LogP contribution < -0.4 is 10.2 Å². The maximum Gasteiger partial charge on any atom is 0.249 e. The molecule has 4 aromatic rings. The summed E-state index contributed by atoms with van der Waals surface area (Å²) in [6.07, 6.45) is 5.26. The van der Waals surface area contributed by atoms with E-state index in [1.165, 1.54) is 0 Å². The van der Waals surface area contributed by atoms with Gasteiger partial charge in [0.1, 0.15) is 5.82 Å². The summed E-state index contributed by atoms with van der Waals surface area (Å²) in [4.78, 5) is 6.66. The number of nitrogens with one attached hydrogen (secondary N) is 2. The van der Waals surface area contributed by atoms with E-state index < -0.39 is 0 Å². The number of benzene rings is 1. The minimum Gasteiger partial charge on any atom is -0.393 e. The molecule has 144 valence electrons. The zero-order valence-electron chi connectivity index (χ0n) is 15.7. The molecule has 1 aromatic carbocycles. The lowest BCUT2D eigenvalue weighted by atomic mass is 9.93. The standard InChI is InChI=1S/C20H23N7O/c1-26(15-8-5-13-12-21-24-17(13)11-15)20-23-19-4-2-3-18(27(19)25-20)22-14-6-9-16(28)10-7-14/h2-5,8,11-12,14,16,22,28H,6-7,9-10H2,1H3,(H,21,24). The van der Waals surface area contributed by atoms with Gasteiger partial charge in [-0.3, -0.25) is 5.10 Å². The molecule has 1 fully saturated rings. The molecule has 0 unspecified atom stereocenters. The average Bonchev–Trinajstić information content (AvgIpc) is 3.35. The Balaban J connectivity index is 1.44. The number of aromatic nitrogens is 5. The van der Waals surface area contributed by atoms with Gasteiger partial charge in [-0.2, -0.15) is 14.6 Å². The van der Waals surface area contributed by atoms with Crippen LogP contribution in [0.25, 0.3) is 16.6 Å². The van der Waals surface area contributed by atoms with E-state index in [0.717, 1.165) is 53.7 Å². The van der Waals surface area contributed by atoms with Gasteiger partial charge >= 0.3 is 0 Å². The summed E-state index contributed by atoms with van der Waals surface area (Å²) in [5, 5.41) is 26.2. The van der Waals surface area contributed by atoms with Gasteiger partial charge in [0.2, 0.25) is 5.95 Å². The Hall–Kier alpha value is -3.13. The fourth-order valence-electron chi connectivity index (χ4n) is 3.82. The number of rotatable bonds is 4. The van der Waals surface area contributed by atoms with Crippen LogP contribution in [0.3, 0.4) is 0 Å².